The van der Waals surface area contributed by atoms with E-state index in [1.807, 2.05) is 13.8 Å². The molecule has 8 heteroatoms. The quantitative estimate of drug-likeness (QED) is 0.659. The number of carbonyl (C=O) groups excluding carboxylic acids is 1. The number of amides is 1. The first-order valence-electron chi connectivity index (χ1n) is 8.95. The molecule has 0 spiro atoms. The van der Waals surface area contributed by atoms with E-state index in [2.05, 4.69) is 10.0 Å². The molecule has 1 aliphatic rings. The predicted octanol–water partition coefficient (Wildman–Crippen LogP) is 1.38. The summed E-state index contributed by atoms with van der Waals surface area (Å²) < 4.78 is 32.9. The number of ether oxygens (including phenoxy) is 1. The highest BCUT2D eigenvalue weighted by Crippen LogP contribution is 2.19. The monoisotopic (exact) mass is 383 g/mol. The summed E-state index contributed by atoms with van der Waals surface area (Å²) >= 11 is 0. The van der Waals surface area contributed by atoms with E-state index in [9.17, 15) is 13.2 Å². The van der Waals surface area contributed by atoms with Crippen LogP contribution < -0.4 is 20.5 Å². The van der Waals surface area contributed by atoms with Crippen LogP contribution >= 0.6 is 0 Å². The number of hydrogen-bond acceptors (Lipinski definition) is 5. The molecule has 1 aromatic carbocycles. The zero-order valence-corrected chi connectivity index (χ0v) is 16.4. The first-order chi connectivity index (χ1) is 12.2. The highest BCUT2D eigenvalue weighted by Gasteiger charge is 2.30. The molecule has 0 bridgehead atoms. The van der Waals surface area contributed by atoms with Gasteiger partial charge in [0, 0.05) is 12.1 Å². The van der Waals surface area contributed by atoms with E-state index in [-0.39, 0.29) is 28.8 Å². The van der Waals surface area contributed by atoms with Crippen molar-refractivity contribution in [1.29, 1.82) is 0 Å². The van der Waals surface area contributed by atoms with E-state index in [0.717, 1.165) is 25.7 Å². The van der Waals surface area contributed by atoms with Gasteiger partial charge in [0.1, 0.15) is 11.8 Å². The van der Waals surface area contributed by atoms with Crippen LogP contribution in [0.3, 0.4) is 0 Å². The van der Waals surface area contributed by atoms with Gasteiger partial charge < -0.3 is 15.8 Å². The van der Waals surface area contributed by atoms with Crippen LogP contribution in [0.25, 0.3) is 0 Å². The summed E-state index contributed by atoms with van der Waals surface area (Å²) in [7, 11) is -2.30. The van der Waals surface area contributed by atoms with Crippen LogP contribution in [0.2, 0.25) is 0 Å². The lowest BCUT2D eigenvalue weighted by Gasteiger charge is -2.29. The van der Waals surface area contributed by atoms with E-state index in [0.29, 0.717) is 5.75 Å². The summed E-state index contributed by atoms with van der Waals surface area (Å²) in [5, 5.41) is 2.97. The van der Waals surface area contributed by atoms with Crippen LogP contribution in [-0.2, 0) is 14.8 Å². The Morgan fingerprint density at radius 3 is 2.23 bits per heavy atom. The molecule has 1 amide bonds. The second kappa shape index (κ2) is 8.83. The molecule has 1 saturated carbocycles. The van der Waals surface area contributed by atoms with Crippen molar-refractivity contribution in [1.82, 2.24) is 10.0 Å². The van der Waals surface area contributed by atoms with Gasteiger partial charge in [-0.2, -0.15) is 4.72 Å². The summed E-state index contributed by atoms with van der Waals surface area (Å²) in [4.78, 5) is 12.8. The van der Waals surface area contributed by atoms with Crippen molar-refractivity contribution in [3.05, 3.63) is 24.3 Å². The Bertz CT molecular complexity index is 696. The minimum Gasteiger partial charge on any atom is -0.497 e. The molecule has 4 N–H and O–H groups in total. The van der Waals surface area contributed by atoms with Crippen LogP contribution in [0.15, 0.2) is 29.2 Å². The number of nitrogens with two attached hydrogens (primary N) is 1. The Labute approximate surface area is 155 Å². The van der Waals surface area contributed by atoms with Crippen molar-refractivity contribution in [2.45, 2.75) is 62.6 Å². The largest absolute Gasteiger partial charge is 0.497 e. The normalized spacial score (nSPS) is 22.0. The zero-order valence-electron chi connectivity index (χ0n) is 15.6. The average molecular weight is 384 g/mol. The first kappa shape index (κ1) is 20.7. The van der Waals surface area contributed by atoms with Crippen LogP contribution in [-0.4, -0.2) is 39.6 Å². The molecule has 0 heterocycles. The number of sulfonamides is 1. The smallest absolute Gasteiger partial charge is 0.241 e. The molecule has 0 saturated heterocycles. The SMILES string of the molecule is COc1ccc(S(=O)(=O)NC(C(=O)NC2CCC(N)CC2)C(C)C)cc1. The minimum absolute atomic E-state index is 0.0500. The van der Waals surface area contributed by atoms with Crippen LogP contribution in [0, 0.1) is 5.92 Å². The van der Waals surface area contributed by atoms with E-state index < -0.39 is 16.1 Å². The van der Waals surface area contributed by atoms with E-state index in [1.54, 1.807) is 12.1 Å². The number of carbonyl (C=O) groups is 1. The number of nitrogens with one attached hydrogen (secondary N) is 2. The van der Waals surface area contributed by atoms with Gasteiger partial charge in [-0.3, -0.25) is 4.79 Å². The number of hydrogen-bond donors (Lipinski definition) is 3. The van der Waals surface area contributed by atoms with Gasteiger partial charge in [-0.15, -0.1) is 0 Å². The van der Waals surface area contributed by atoms with Gasteiger partial charge in [0.25, 0.3) is 0 Å². The number of benzene rings is 1. The molecule has 26 heavy (non-hydrogen) atoms. The predicted molar refractivity (Wildman–Crippen MR) is 100 cm³/mol. The minimum atomic E-state index is -3.81. The zero-order chi connectivity index (χ0) is 19.3. The summed E-state index contributed by atoms with van der Waals surface area (Å²) in [5.74, 6) is 0.0871. The average Bonchev–Trinajstić information content (AvgIpc) is 2.61. The molecule has 0 aliphatic heterocycles. The van der Waals surface area contributed by atoms with Crippen LogP contribution in [0.1, 0.15) is 39.5 Å². The van der Waals surface area contributed by atoms with Gasteiger partial charge in [-0.1, -0.05) is 13.8 Å². The molecule has 1 unspecified atom stereocenters. The summed E-state index contributed by atoms with van der Waals surface area (Å²) in [6.07, 6.45) is 3.38. The fraction of sp³-hybridized carbons (Fsp3) is 0.611. The summed E-state index contributed by atoms with van der Waals surface area (Å²) in [6.45, 7) is 3.63. The van der Waals surface area contributed by atoms with Gasteiger partial charge in [0.05, 0.1) is 12.0 Å². The lowest BCUT2D eigenvalue weighted by molar-refractivity contribution is -0.124. The number of rotatable bonds is 7. The molecular formula is C18H29N3O4S. The Balaban J connectivity index is 2.07. The molecule has 1 atom stereocenters. The van der Waals surface area contributed by atoms with Crippen molar-refractivity contribution in [2.24, 2.45) is 11.7 Å². The maximum atomic E-state index is 12.7. The lowest BCUT2D eigenvalue weighted by atomic mass is 9.91. The van der Waals surface area contributed by atoms with Crippen LogP contribution in [0.4, 0.5) is 0 Å². The second-order valence-corrected chi connectivity index (χ2v) is 8.85. The third kappa shape index (κ3) is 5.43. The summed E-state index contributed by atoms with van der Waals surface area (Å²) in [6, 6.07) is 5.47. The molecule has 0 aromatic heterocycles. The summed E-state index contributed by atoms with van der Waals surface area (Å²) in [5.41, 5.74) is 5.89. The van der Waals surface area contributed by atoms with E-state index in [1.165, 1.54) is 19.2 Å². The molecule has 1 aliphatic carbocycles. The molecule has 7 nitrogen and oxygen atoms in total. The van der Waals surface area contributed by atoms with Crippen molar-refractivity contribution < 1.29 is 17.9 Å². The van der Waals surface area contributed by atoms with Gasteiger partial charge in [-0.25, -0.2) is 8.42 Å². The van der Waals surface area contributed by atoms with E-state index in [4.69, 9.17) is 10.5 Å². The Morgan fingerprint density at radius 1 is 1.15 bits per heavy atom. The van der Waals surface area contributed by atoms with Crippen molar-refractivity contribution in [3.63, 3.8) is 0 Å². The maximum absolute atomic E-state index is 12.7. The van der Waals surface area contributed by atoms with Crippen LogP contribution in [0.5, 0.6) is 5.75 Å². The number of methoxy groups -OCH3 is 1. The fourth-order valence-corrected chi connectivity index (χ4v) is 4.38. The highest BCUT2D eigenvalue weighted by atomic mass is 32.2. The van der Waals surface area contributed by atoms with Crippen molar-refractivity contribution >= 4 is 15.9 Å². The van der Waals surface area contributed by atoms with Crippen molar-refractivity contribution in [2.75, 3.05) is 7.11 Å². The Morgan fingerprint density at radius 2 is 1.73 bits per heavy atom. The second-order valence-electron chi connectivity index (χ2n) is 7.14. The third-order valence-corrected chi connectivity index (χ3v) is 6.18. The molecule has 0 radical (unpaired) electrons. The molecule has 1 aromatic rings. The molecular weight excluding hydrogens is 354 g/mol. The van der Waals surface area contributed by atoms with Crippen molar-refractivity contribution in [3.8, 4) is 5.75 Å². The van der Waals surface area contributed by atoms with Gasteiger partial charge in [0.15, 0.2) is 0 Å². The highest BCUT2D eigenvalue weighted by molar-refractivity contribution is 7.89. The standard InChI is InChI=1S/C18H29N3O4S/c1-12(2)17(18(22)20-14-6-4-13(19)5-7-14)21-26(23,24)16-10-8-15(25-3)9-11-16/h8-14,17,21H,4-7,19H2,1-3H3,(H,20,22). The maximum Gasteiger partial charge on any atom is 0.241 e. The van der Waals surface area contributed by atoms with Gasteiger partial charge in [-0.05, 0) is 55.9 Å². The Hall–Kier alpha value is -1.64. The molecule has 2 rings (SSSR count). The lowest BCUT2D eigenvalue weighted by Crippen LogP contribution is -2.52. The fourth-order valence-electron chi connectivity index (χ4n) is 3.04. The molecule has 146 valence electrons. The topological polar surface area (TPSA) is 111 Å². The van der Waals surface area contributed by atoms with Gasteiger partial charge >= 0.3 is 0 Å². The first-order valence-corrected chi connectivity index (χ1v) is 10.4. The Kier molecular flexibility index (Phi) is 7.02. The molecule has 1 fully saturated rings. The van der Waals surface area contributed by atoms with E-state index >= 15 is 0 Å². The van der Waals surface area contributed by atoms with Gasteiger partial charge in [0.2, 0.25) is 15.9 Å². The third-order valence-electron chi connectivity index (χ3n) is 4.72.